The molecule has 106 valence electrons. The van der Waals surface area contributed by atoms with E-state index in [1.807, 2.05) is 13.8 Å². The normalized spacial score (nSPS) is 13.7. The third kappa shape index (κ3) is 3.92. The number of rotatable bonds is 6. The molecule has 4 nitrogen and oxygen atoms in total. The van der Waals surface area contributed by atoms with Crippen LogP contribution >= 0.6 is 0 Å². The molecule has 19 heavy (non-hydrogen) atoms. The number of halogens is 1. The molecule has 1 rings (SSSR count). The molecule has 0 saturated carbocycles. The van der Waals surface area contributed by atoms with Crippen molar-refractivity contribution in [2.24, 2.45) is 5.73 Å². The molecule has 0 bridgehead atoms. The summed E-state index contributed by atoms with van der Waals surface area (Å²) in [7, 11) is 1.38. The number of hydrogen-bond donors (Lipinski definition) is 2. The van der Waals surface area contributed by atoms with Gasteiger partial charge in [-0.3, -0.25) is 4.79 Å². The zero-order chi connectivity index (χ0) is 14.5. The summed E-state index contributed by atoms with van der Waals surface area (Å²) < 4.78 is 18.4. The maximum atomic E-state index is 13.5. The highest BCUT2D eigenvalue weighted by Gasteiger charge is 2.24. The number of nitrogens with one attached hydrogen (secondary N) is 1. The van der Waals surface area contributed by atoms with E-state index in [0.717, 1.165) is 6.42 Å². The molecule has 1 aromatic rings. The molecule has 0 heterocycles. The molecule has 5 heteroatoms. The molecular weight excluding hydrogens is 247 g/mol. The van der Waals surface area contributed by atoms with Crippen LogP contribution in [0, 0.1) is 5.82 Å². The van der Waals surface area contributed by atoms with E-state index in [2.05, 4.69) is 5.32 Å². The number of benzene rings is 1. The first kappa shape index (κ1) is 15.4. The van der Waals surface area contributed by atoms with Crippen LogP contribution in [0.25, 0.3) is 0 Å². The lowest BCUT2D eigenvalue weighted by Crippen LogP contribution is -2.46. The Morgan fingerprint density at radius 2 is 2.21 bits per heavy atom. The highest BCUT2D eigenvalue weighted by molar-refractivity contribution is 5.94. The quantitative estimate of drug-likeness (QED) is 0.830. The molecule has 0 aromatic heterocycles. The molecule has 0 aliphatic carbocycles. The van der Waals surface area contributed by atoms with Gasteiger partial charge in [-0.2, -0.15) is 0 Å². The fourth-order valence-electron chi connectivity index (χ4n) is 1.80. The molecule has 0 radical (unpaired) electrons. The Bertz CT molecular complexity index is 451. The van der Waals surface area contributed by atoms with Gasteiger partial charge in [-0.05, 0) is 44.5 Å². The Labute approximate surface area is 113 Å². The van der Waals surface area contributed by atoms with E-state index in [4.69, 9.17) is 10.5 Å². The third-order valence-electron chi connectivity index (χ3n) is 3.31. The second-order valence-electron chi connectivity index (χ2n) is 4.76. The number of hydrogen-bond acceptors (Lipinski definition) is 3. The summed E-state index contributed by atoms with van der Waals surface area (Å²) in [5.74, 6) is -0.733. The van der Waals surface area contributed by atoms with Crippen molar-refractivity contribution in [3.05, 3.63) is 29.6 Å². The van der Waals surface area contributed by atoms with Crippen molar-refractivity contribution >= 4 is 5.91 Å². The minimum Gasteiger partial charge on any atom is -0.494 e. The van der Waals surface area contributed by atoms with Crippen LogP contribution in [-0.4, -0.2) is 25.1 Å². The lowest BCUT2D eigenvalue weighted by atomic mass is 9.94. The number of ether oxygens (including phenoxy) is 1. The first-order valence-electron chi connectivity index (χ1n) is 6.32. The molecule has 0 spiro atoms. The lowest BCUT2D eigenvalue weighted by Gasteiger charge is -2.29. The van der Waals surface area contributed by atoms with Crippen LogP contribution in [0.3, 0.4) is 0 Å². The molecule has 0 fully saturated rings. The van der Waals surface area contributed by atoms with Crippen molar-refractivity contribution < 1.29 is 13.9 Å². The van der Waals surface area contributed by atoms with Crippen molar-refractivity contribution in [2.45, 2.75) is 32.2 Å². The minimum absolute atomic E-state index is 0.122. The SMILES string of the molecule is CCC(C)(CCN)NC(=O)c1ccc(OC)c(F)c1. The minimum atomic E-state index is -0.549. The van der Waals surface area contributed by atoms with E-state index in [1.54, 1.807) is 0 Å². The largest absolute Gasteiger partial charge is 0.494 e. The maximum Gasteiger partial charge on any atom is 0.251 e. The zero-order valence-electron chi connectivity index (χ0n) is 11.6. The van der Waals surface area contributed by atoms with E-state index in [0.29, 0.717) is 13.0 Å². The van der Waals surface area contributed by atoms with Crippen molar-refractivity contribution in [3.8, 4) is 5.75 Å². The monoisotopic (exact) mass is 268 g/mol. The smallest absolute Gasteiger partial charge is 0.251 e. The second kappa shape index (κ2) is 6.52. The van der Waals surface area contributed by atoms with Gasteiger partial charge in [-0.25, -0.2) is 4.39 Å². The van der Waals surface area contributed by atoms with Gasteiger partial charge in [-0.1, -0.05) is 6.92 Å². The first-order valence-corrected chi connectivity index (χ1v) is 6.32. The average molecular weight is 268 g/mol. The molecule has 0 aliphatic rings. The number of nitrogens with two attached hydrogens (primary N) is 1. The summed E-state index contributed by atoms with van der Waals surface area (Å²) in [6.45, 7) is 4.39. The molecule has 3 N–H and O–H groups in total. The molecule has 1 atom stereocenters. The Morgan fingerprint density at radius 3 is 2.68 bits per heavy atom. The Kier molecular flexibility index (Phi) is 5.30. The molecule has 1 aromatic carbocycles. The van der Waals surface area contributed by atoms with Crippen LogP contribution in [0.5, 0.6) is 5.75 Å². The van der Waals surface area contributed by atoms with E-state index in [-0.39, 0.29) is 22.8 Å². The van der Waals surface area contributed by atoms with E-state index in [1.165, 1.54) is 25.3 Å². The van der Waals surface area contributed by atoms with Crippen LogP contribution in [0.2, 0.25) is 0 Å². The van der Waals surface area contributed by atoms with Crippen molar-refractivity contribution in [3.63, 3.8) is 0 Å². The highest BCUT2D eigenvalue weighted by Crippen LogP contribution is 2.19. The summed E-state index contributed by atoms with van der Waals surface area (Å²) in [6, 6.07) is 4.15. The van der Waals surface area contributed by atoms with E-state index in [9.17, 15) is 9.18 Å². The van der Waals surface area contributed by atoms with Gasteiger partial charge in [0.15, 0.2) is 11.6 Å². The fraction of sp³-hybridized carbons (Fsp3) is 0.500. The van der Waals surface area contributed by atoms with Crippen LogP contribution in [0.15, 0.2) is 18.2 Å². The van der Waals surface area contributed by atoms with Gasteiger partial charge in [0.25, 0.3) is 5.91 Å². The van der Waals surface area contributed by atoms with Crippen LogP contribution in [0.4, 0.5) is 4.39 Å². The van der Waals surface area contributed by atoms with Crippen molar-refractivity contribution in [1.29, 1.82) is 0 Å². The predicted molar refractivity (Wildman–Crippen MR) is 72.8 cm³/mol. The van der Waals surface area contributed by atoms with E-state index < -0.39 is 5.82 Å². The maximum absolute atomic E-state index is 13.5. The van der Waals surface area contributed by atoms with Crippen LogP contribution in [0.1, 0.15) is 37.0 Å². The number of carbonyl (C=O) groups is 1. The zero-order valence-corrected chi connectivity index (χ0v) is 11.6. The van der Waals surface area contributed by atoms with Gasteiger partial charge in [0.2, 0.25) is 0 Å². The number of methoxy groups -OCH3 is 1. The van der Waals surface area contributed by atoms with Crippen LogP contribution in [-0.2, 0) is 0 Å². The summed E-state index contributed by atoms with van der Waals surface area (Å²) >= 11 is 0. The third-order valence-corrected chi connectivity index (χ3v) is 3.31. The summed E-state index contributed by atoms with van der Waals surface area (Å²) in [6.07, 6.45) is 1.43. The highest BCUT2D eigenvalue weighted by atomic mass is 19.1. The number of carbonyl (C=O) groups excluding carboxylic acids is 1. The molecule has 1 amide bonds. The summed E-state index contributed by atoms with van der Waals surface area (Å²) in [5, 5.41) is 2.90. The van der Waals surface area contributed by atoms with Gasteiger partial charge < -0.3 is 15.8 Å². The average Bonchev–Trinajstić information content (AvgIpc) is 2.38. The summed E-state index contributed by atoms with van der Waals surface area (Å²) in [5.41, 5.74) is 5.44. The standard InChI is InChI=1S/C14H21FN2O2/c1-4-14(2,7-8-16)17-13(18)10-5-6-12(19-3)11(15)9-10/h5-6,9H,4,7-8,16H2,1-3H3,(H,17,18). The molecule has 1 unspecified atom stereocenters. The van der Waals surface area contributed by atoms with Gasteiger partial charge >= 0.3 is 0 Å². The first-order chi connectivity index (χ1) is 8.95. The van der Waals surface area contributed by atoms with Gasteiger partial charge in [0, 0.05) is 11.1 Å². The van der Waals surface area contributed by atoms with Crippen LogP contribution < -0.4 is 15.8 Å². The lowest BCUT2D eigenvalue weighted by molar-refractivity contribution is 0.0899. The van der Waals surface area contributed by atoms with Crippen molar-refractivity contribution in [1.82, 2.24) is 5.32 Å². The second-order valence-corrected chi connectivity index (χ2v) is 4.76. The Hall–Kier alpha value is -1.62. The summed E-state index contributed by atoms with van der Waals surface area (Å²) in [4.78, 5) is 12.1. The van der Waals surface area contributed by atoms with Crippen molar-refractivity contribution in [2.75, 3.05) is 13.7 Å². The van der Waals surface area contributed by atoms with Gasteiger partial charge in [0.05, 0.1) is 7.11 Å². The topological polar surface area (TPSA) is 64.3 Å². The Balaban J connectivity index is 2.86. The predicted octanol–water partition coefficient (Wildman–Crippen LogP) is 2.08. The molecule has 0 saturated heterocycles. The molecule has 0 aliphatic heterocycles. The van der Waals surface area contributed by atoms with Gasteiger partial charge in [-0.15, -0.1) is 0 Å². The fourth-order valence-corrected chi connectivity index (χ4v) is 1.80. The number of amides is 1. The molecular formula is C14H21FN2O2. The van der Waals surface area contributed by atoms with Gasteiger partial charge in [0.1, 0.15) is 0 Å². The Morgan fingerprint density at radius 1 is 1.53 bits per heavy atom. The van der Waals surface area contributed by atoms with E-state index >= 15 is 0 Å².